The fourth-order valence-electron chi connectivity index (χ4n) is 1.51. The van der Waals surface area contributed by atoms with E-state index in [0.29, 0.717) is 11.7 Å². The van der Waals surface area contributed by atoms with Crippen LogP contribution in [0.5, 0.6) is 0 Å². The molecule has 0 atom stereocenters. The Bertz CT molecular complexity index is 139. The molecular formula is C9H17NO2. The summed E-state index contributed by atoms with van der Waals surface area (Å²) in [4.78, 5) is 19.4. The second-order valence-corrected chi connectivity index (χ2v) is 3.08. The van der Waals surface area contributed by atoms with Crippen LogP contribution in [0.25, 0.3) is 0 Å². The number of nitrogens with two attached hydrogens (primary N) is 1. The highest BCUT2D eigenvalue weighted by Crippen LogP contribution is 2.23. The van der Waals surface area contributed by atoms with Gasteiger partial charge in [0.2, 0.25) is 6.41 Å². The van der Waals surface area contributed by atoms with Crippen LogP contribution in [0, 0.1) is 5.92 Å². The Kier molecular flexibility index (Phi) is 6.34. The predicted octanol–water partition coefficient (Wildman–Crippen LogP) is 1.26. The SMILES string of the molecule is CC(=O)C1CCCCC1.NC=O. The van der Waals surface area contributed by atoms with Gasteiger partial charge in [-0.2, -0.15) is 0 Å². The molecule has 1 fully saturated rings. The molecule has 1 rings (SSSR count). The number of rotatable bonds is 1. The van der Waals surface area contributed by atoms with E-state index in [-0.39, 0.29) is 6.41 Å². The van der Waals surface area contributed by atoms with Gasteiger partial charge in [-0.25, -0.2) is 0 Å². The zero-order valence-electron chi connectivity index (χ0n) is 7.58. The lowest BCUT2D eigenvalue weighted by atomic mass is 9.87. The number of amides is 1. The molecule has 70 valence electrons. The van der Waals surface area contributed by atoms with Gasteiger partial charge in [0, 0.05) is 5.92 Å². The third kappa shape index (κ3) is 4.88. The van der Waals surface area contributed by atoms with Crippen molar-refractivity contribution in [2.24, 2.45) is 11.7 Å². The standard InChI is InChI=1S/C8H14O.CH3NO/c1-7(9)8-5-3-2-4-6-8;2-1-3/h8H,2-6H2,1H3;1H,(H2,2,3). The summed E-state index contributed by atoms with van der Waals surface area (Å²) in [5.74, 6) is 0.813. The Morgan fingerprint density at radius 2 is 1.75 bits per heavy atom. The van der Waals surface area contributed by atoms with Crippen LogP contribution in [0.4, 0.5) is 0 Å². The van der Waals surface area contributed by atoms with E-state index in [1.165, 1.54) is 19.3 Å². The molecule has 0 aromatic rings. The highest BCUT2D eigenvalue weighted by Gasteiger charge is 2.16. The average Bonchev–Trinajstić information content (AvgIpc) is 2.07. The van der Waals surface area contributed by atoms with Crippen LogP contribution in [0.1, 0.15) is 39.0 Å². The third-order valence-corrected chi connectivity index (χ3v) is 2.18. The second kappa shape index (κ2) is 6.83. The van der Waals surface area contributed by atoms with Gasteiger partial charge in [0.1, 0.15) is 5.78 Å². The Hall–Kier alpha value is -0.860. The van der Waals surface area contributed by atoms with Gasteiger partial charge in [-0.3, -0.25) is 9.59 Å². The van der Waals surface area contributed by atoms with Crippen LogP contribution >= 0.6 is 0 Å². The molecule has 0 aliphatic heterocycles. The highest BCUT2D eigenvalue weighted by atomic mass is 16.1. The fourth-order valence-corrected chi connectivity index (χ4v) is 1.51. The van der Waals surface area contributed by atoms with E-state index in [9.17, 15) is 4.79 Å². The molecule has 0 heterocycles. The molecule has 1 amide bonds. The van der Waals surface area contributed by atoms with Crippen LogP contribution in [0.2, 0.25) is 0 Å². The van der Waals surface area contributed by atoms with Crippen LogP contribution in [-0.2, 0) is 9.59 Å². The first-order chi connectivity index (χ1) is 5.72. The van der Waals surface area contributed by atoms with Crippen LogP contribution in [-0.4, -0.2) is 12.2 Å². The number of Topliss-reactive ketones (excluding diaryl/α,β-unsaturated/α-hetero) is 1. The molecule has 1 saturated carbocycles. The lowest BCUT2D eigenvalue weighted by Gasteiger charge is -2.17. The molecule has 0 spiro atoms. The molecule has 3 heteroatoms. The number of carbonyl (C=O) groups is 2. The smallest absolute Gasteiger partial charge is 0.204 e. The van der Waals surface area contributed by atoms with Gasteiger partial charge in [0.05, 0.1) is 0 Å². The first kappa shape index (κ1) is 11.1. The van der Waals surface area contributed by atoms with Crippen molar-refractivity contribution in [1.82, 2.24) is 0 Å². The second-order valence-electron chi connectivity index (χ2n) is 3.08. The van der Waals surface area contributed by atoms with E-state index in [0.717, 1.165) is 12.8 Å². The van der Waals surface area contributed by atoms with Crippen molar-refractivity contribution in [1.29, 1.82) is 0 Å². The monoisotopic (exact) mass is 171 g/mol. The minimum absolute atomic E-state index is 0.250. The summed E-state index contributed by atoms with van der Waals surface area (Å²) in [6.45, 7) is 1.72. The van der Waals surface area contributed by atoms with Crippen molar-refractivity contribution in [3.63, 3.8) is 0 Å². The molecule has 0 saturated heterocycles. The van der Waals surface area contributed by atoms with Gasteiger partial charge >= 0.3 is 0 Å². The van der Waals surface area contributed by atoms with Crippen molar-refractivity contribution in [3.05, 3.63) is 0 Å². The zero-order valence-corrected chi connectivity index (χ0v) is 7.58. The number of carbonyl (C=O) groups excluding carboxylic acids is 2. The molecule has 1 aliphatic carbocycles. The lowest BCUT2D eigenvalue weighted by Crippen LogP contribution is -2.13. The topological polar surface area (TPSA) is 60.2 Å². The van der Waals surface area contributed by atoms with Gasteiger partial charge in [-0.1, -0.05) is 19.3 Å². The van der Waals surface area contributed by atoms with E-state index in [4.69, 9.17) is 4.79 Å². The number of hydrogen-bond donors (Lipinski definition) is 1. The largest absolute Gasteiger partial charge is 0.372 e. The Morgan fingerprint density at radius 3 is 2.00 bits per heavy atom. The molecule has 12 heavy (non-hydrogen) atoms. The van der Waals surface area contributed by atoms with Gasteiger partial charge < -0.3 is 5.73 Å². The summed E-state index contributed by atoms with van der Waals surface area (Å²) in [7, 11) is 0. The zero-order chi connectivity index (χ0) is 9.40. The van der Waals surface area contributed by atoms with Crippen molar-refractivity contribution in [3.8, 4) is 0 Å². The Morgan fingerprint density at radius 1 is 1.33 bits per heavy atom. The molecule has 0 bridgehead atoms. The van der Waals surface area contributed by atoms with Gasteiger partial charge in [0.25, 0.3) is 0 Å². The van der Waals surface area contributed by atoms with Crippen LogP contribution in [0.15, 0.2) is 0 Å². The molecule has 0 aromatic carbocycles. The van der Waals surface area contributed by atoms with E-state index < -0.39 is 0 Å². The Labute approximate surface area is 73.3 Å². The van der Waals surface area contributed by atoms with Gasteiger partial charge in [0.15, 0.2) is 0 Å². The van der Waals surface area contributed by atoms with E-state index >= 15 is 0 Å². The Balaban J connectivity index is 0.000000354. The predicted molar refractivity (Wildman–Crippen MR) is 47.5 cm³/mol. The number of ketones is 1. The molecule has 0 unspecified atom stereocenters. The first-order valence-corrected chi connectivity index (χ1v) is 4.38. The summed E-state index contributed by atoms with van der Waals surface area (Å²) < 4.78 is 0. The maximum Gasteiger partial charge on any atom is 0.204 e. The quantitative estimate of drug-likeness (QED) is 0.604. The van der Waals surface area contributed by atoms with E-state index in [1.807, 2.05) is 0 Å². The van der Waals surface area contributed by atoms with Gasteiger partial charge in [-0.05, 0) is 19.8 Å². The van der Waals surface area contributed by atoms with Crippen molar-refractivity contribution in [2.75, 3.05) is 0 Å². The summed E-state index contributed by atoms with van der Waals surface area (Å²) >= 11 is 0. The highest BCUT2D eigenvalue weighted by molar-refractivity contribution is 5.78. The average molecular weight is 171 g/mol. The normalized spacial score (nSPS) is 17.4. The van der Waals surface area contributed by atoms with Crippen molar-refractivity contribution < 1.29 is 9.59 Å². The molecule has 0 radical (unpaired) electrons. The minimum Gasteiger partial charge on any atom is -0.372 e. The molecule has 0 aromatic heterocycles. The van der Waals surface area contributed by atoms with E-state index in [1.54, 1.807) is 6.92 Å². The fraction of sp³-hybridized carbons (Fsp3) is 0.778. The van der Waals surface area contributed by atoms with Crippen LogP contribution in [0.3, 0.4) is 0 Å². The molecular weight excluding hydrogens is 154 g/mol. The minimum atomic E-state index is 0.250. The van der Waals surface area contributed by atoms with Crippen LogP contribution < -0.4 is 5.73 Å². The molecule has 3 nitrogen and oxygen atoms in total. The molecule has 1 aliphatic rings. The summed E-state index contributed by atoms with van der Waals surface area (Å²) in [5.41, 5.74) is 4.17. The summed E-state index contributed by atoms with van der Waals surface area (Å²) in [5, 5.41) is 0. The maximum atomic E-state index is 10.8. The number of hydrogen-bond acceptors (Lipinski definition) is 2. The summed E-state index contributed by atoms with van der Waals surface area (Å²) in [6.07, 6.45) is 6.42. The maximum absolute atomic E-state index is 10.8. The van der Waals surface area contributed by atoms with Crippen molar-refractivity contribution in [2.45, 2.75) is 39.0 Å². The third-order valence-electron chi connectivity index (χ3n) is 2.18. The van der Waals surface area contributed by atoms with Gasteiger partial charge in [-0.15, -0.1) is 0 Å². The van der Waals surface area contributed by atoms with Crippen molar-refractivity contribution >= 4 is 12.2 Å². The first-order valence-electron chi connectivity index (χ1n) is 4.38. The summed E-state index contributed by atoms with van der Waals surface area (Å²) in [6, 6.07) is 0. The number of primary amides is 1. The van der Waals surface area contributed by atoms with E-state index in [2.05, 4.69) is 5.73 Å². The molecule has 2 N–H and O–H groups in total. The lowest BCUT2D eigenvalue weighted by molar-refractivity contribution is -0.121.